The summed E-state index contributed by atoms with van der Waals surface area (Å²) < 4.78 is 4.69. The van der Waals surface area contributed by atoms with E-state index in [1.807, 2.05) is 0 Å². The second-order valence-corrected chi connectivity index (χ2v) is 9.11. The van der Waals surface area contributed by atoms with Gasteiger partial charge in [0.1, 0.15) is 17.4 Å². The third-order valence-electron chi connectivity index (χ3n) is 5.73. The maximum absolute atomic E-state index is 12.3. The molecular formula is C28H27N7O10. The van der Waals surface area contributed by atoms with Gasteiger partial charge >= 0.3 is 23.9 Å². The van der Waals surface area contributed by atoms with Gasteiger partial charge in [-0.15, -0.1) is 0 Å². The number of aromatic nitrogens is 4. The number of benzene rings is 2. The third-order valence-corrected chi connectivity index (χ3v) is 5.73. The quantitative estimate of drug-likeness (QED) is 0.0917. The van der Waals surface area contributed by atoms with Crippen LogP contribution in [-0.4, -0.2) is 71.1 Å². The lowest BCUT2D eigenvalue weighted by Crippen LogP contribution is -2.41. The Morgan fingerprint density at radius 3 is 2.31 bits per heavy atom. The van der Waals surface area contributed by atoms with E-state index in [-0.39, 0.29) is 53.4 Å². The molecule has 0 aliphatic heterocycles. The number of hydrogen-bond donors (Lipinski definition) is 7. The van der Waals surface area contributed by atoms with Crippen molar-refractivity contribution >= 4 is 52.6 Å². The lowest BCUT2D eigenvalue weighted by molar-refractivity contribution is -0.140. The summed E-state index contributed by atoms with van der Waals surface area (Å²) in [5, 5.41) is 31.9. The number of hydrogen-bond acceptors (Lipinski definition) is 12. The zero-order valence-electron chi connectivity index (χ0n) is 23.5. The van der Waals surface area contributed by atoms with Crippen molar-refractivity contribution in [1.82, 2.24) is 25.3 Å². The smallest absolute Gasteiger partial charge is 0.339 e. The third kappa shape index (κ3) is 9.84. The molecule has 0 radical (unpaired) electrons. The highest BCUT2D eigenvalue weighted by Crippen LogP contribution is 2.17. The van der Waals surface area contributed by atoms with Gasteiger partial charge in [-0.05, 0) is 42.8 Å². The summed E-state index contributed by atoms with van der Waals surface area (Å²) in [6.07, 6.45) is 0.840. The number of esters is 1. The SMILES string of the molecule is CC(=O)Oc1ccccc1C(=O)O.Nc1nc2ncc(CNc3ccc(C(=O)N[C@@H](CCC(=O)O)C(=O)O)cc3)nc2c(=O)[nH]1. The number of carboxylic acids is 3. The van der Waals surface area contributed by atoms with Gasteiger partial charge < -0.3 is 36.4 Å². The van der Waals surface area contributed by atoms with E-state index < -0.39 is 41.4 Å². The molecule has 0 unspecified atom stereocenters. The van der Waals surface area contributed by atoms with Crippen molar-refractivity contribution in [3.8, 4) is 5.75 Å². The summed E-state index contributed by atoms with van der Waals surface area (Å²) in [6.45, 7) is 1.45. The molecule has 2 aromatic carbocycles. The number of nitrogens with zero attached hydrogens (tertiary/aromatic N) is 3. The van der Waals surface area contributed by atoms with Crippen LogP contribution in [-0.2, 0) is 20.9 Å². The van der Waals surface area contributed by atoms with E-state index in [0.717, 1.165) is 0 Å². The van der Waals surface area contributed by atoms with Crippen molar-refractivity contribution in [2.45, 2.75) is 32.4 Å². The van der Waals surface area contributed by atoms with E-state index >= 15 is 0 Å². The molecule has 1 atom stereocenters. The number of carboxylic acid groups (broad SMARTS) is 3. The molecule has 0 fully saturated rings. The van der Waals surface area contributed by atoms with E-state index in [1.165, 1.54) is 37.4 Å². The van der Waals surface area contributed by atoms with Gasteiger partial charge in [-0.25, -0.2) is 19.6 Å². The fourth-order valence-electron chi connectivity index (χ4n) is 3.64. The number of aliphatic carboxylic acids is 2. The molecule has 2 aromatic heterocycles. The number of anilines is 2. The molecule has 0 aliphatic rings. The highest BCUT2D eigenvalue weighted by molar-refractivity contribution is 5.97. The number of ether oxygens (including phenoxy) is 1. The Hall–Kier alpha value is -6.39. The molecule has 1 amide bonds. The first-order chi connectivity index (χ1) is 21.3. The number of carbonyl (C=O) groups is 5. The summed E-state index contributed by atoms with van der Waals surface area (Å²) in [5.41, 5.74) is 6.46. The summed E-state index contributed by atoms with van der Waals surface area (Å²) in [4.78, 5) is 81.7. The minimum absolute atomic E-state index is 0.0160. The molecule has 234 valence electrons. The maximum Gasteiger partial charge on any atom is 0.339 e. The van der Waals surface area contributed by atoms with Gasteiger partial charge in [0, 0.05) is 24.6 Å². The number of nitrogen functional groups attached to an aromatic ring is 1. The Morgan fingerprint density at radius 1 is 1.00 bits per heavy atom. The van der Waals surface area contributed by atoms with Gasteiger partial charge in [0.05, 0.1) is 18.4 Å². The number of nitrogens with two attached hydrogens (primary N) is 1. The largest absolute Gasteiger partial charge is 0.481 e. The predicted molar refractivity (Wildman–Crippen MR) is 157 cm³/mol. The van der Waals surface area contributed by atoms with Crippen molar-refractivity contribution in [1.29, 1.82) is 0 Å². The van der Waals surface area contributed by atoms with E-state index in [0.29, 0.717) is 11.4 Å². The predicted octanol–water partition coefficient (Wildman–Crippen LogP) is 1.27. The molecule has 0 aliphatic carbocycles. The maximum atomic E-state index is 12.3. The van der Waals surface area contributed by atoms with Gasteiger partial charge in [0.2, 0.25) is 5.95 Å². The highest BCUT2D eigenvalue weighted by atomic mass is 16.5. The Morgan fingerprint density at radius 2 is 1.69 bits per heavy atom. The highest BCUT2D eigenvalue weighted by Gasteiger charge is 2.21. The number of H-pyrrole nitrogens is 1. The normalized spacial score (nSPS) is 11.0. The molecule has 8 N–H and O–H groups in total. The van der Waals surface area contributed by atoms with Crippen LogP contribution in [0.2, 0.25) is 0 Å². The number of para-hydroxylation sites is 1. The minimum Gasteiger partial charge on any atom is -0.481 e. The van der Waals surface area contributed by atoms with Crippen LogP contribution in [0.1, 0.15) is 46.2 Å². The molecule has 0 spiro atoms. The molecule has 4 aromatic rings. The average Bonchev–Trinajstić information content (AvgIpc) is 2.98. The zero-order chi connectivity index (χ0) is 33.1. The number of rotatable bonds is 11. The lowest BCUT2D eigenvalue weighted by Gasteiger charge is -2.14. The fourth-order valence-corrected chi connectivity index (χ4v) is 3.64. The summed E-state index contributed by atoms with van der Waals surface area (Å²) in [6, 6.07) is 10.8. The van der Waals surface area contributed by atoms with Crippen molar-refractivity contribution < 1.29 is 44.0 Å². The van der Waals surface area contributed by atoms with Gasteiger partial charge in [-0.2, -0.15) is 4.98 Å². The Bertz CT molecular complexity index is 1790. The first kappa shape index (κ1) is 33.1. The van der Waals surface area contributed by atoms with Crippen LogP contribution in [0.25, 0.3) is 11.2 Å². The number of nitrogens with one attached hydrogen (secondary N) is 3. The average molecular weight is 622 g/mol. The monoisotopic (exact) mass is 621 g/mol. The molecule has 17 heteroatoms. The Balaban J connectivity index is 0.000000355. The molecule has 17 nitrogen and oxygen atoms in total. The van der Waals surface area contributed by atoms with Crippen LogP contribution < -0.4 is 26.7 Å². The number of aromatic carboxylic acids is 1. The van der Waals surface area contributed by atoms with Crippen LogP contribution in [0, 0.1) is 0 Å². The molecule has 0 bridgehead atoms. The standard InChI is InChI=1S/C19H19N7O6.C9H8O4/c20-19-25-15-14(17(30)26-19)23-11(8-22-15)7-21-10-3-1-9(2-4-10)16(29)24-12(18(31)32)5-6-13(27)28;1-6(10)13-8-5-3-2-4-7(8)9(11)12/h1-4,8,12,21H,5-7H2,(H,24,29)(H,27,28)(H,31,32)(H3,20,22,25,26,30);2-5H,1H3,(H,11,12)/t12-;/m0./s1. The summed E-state index contributed by atoms with van der Waals surface area (Å²) in [7, 11) is 0. The van der Waals surface area contributed by atoms with Crippen molar-refractivity contribution in [2.75, 3.05) is 11.1 Å². The zero-order valence-corrected chi connectivity index (χ0v) is 23.5. The number of amides is 1. The van der Waals surface area contributed by atoms with Crippen LogP contribution in [0.15, 0.2) is 59.5 Å². The van der Waals surface area contributed by atoms with Crippen molar-refractivity contribution in [3.63, 3.8) is 0 Å². The molecule has 45 heavy (non-hydrogen) atoms. The number of carbonyl (C=O) groups excluding carboxylic acids is 2. The topological polar surface area (TPSA) is 277 Å². The van der Waals surface area contributed by atoms with Gasteiger partial charge in [0.15, 0.2) is 11.2 Å². The fraction of sp³-hybridized carbons (Fsp3) is 0.179. The minimum atomic E-state index is -1.31. The van der Waals surface area contributed by atoms with Gasteiger partial charge in [-0.3, -0.25) is 24.2 Å². The van der Waals surface area contributed by atoms with Crippen molar-refractivity contribution in [3.05, 3.63) is 81.9 Å². The second-order valence-electron chi connectivity index (χ2n) is 9.11. The second kappa shape index (κ2) is 15.2. The molecule has 0 saturated carbocycles. The Labute approximate surface area is 253 Å². The summed E-state index contributed by atoms with van der Waals surface area (Å²) in [5.74, 6) is -4.73. The molecule has 2 heterocycles. The first-order valence-electron chi connectivity index (χ1n) is 13.0. The van der Waals surface area contributed by atoms with Crippen LogP contribution in [0.5, 0.6) is 5.75 Å². The van der Waals surface area contributed by atoms with Crippen LogP contribution in [0.3, 0.4) is 0 Å². The van der Waals surface area contributed by atoms with E-state index in [9.17, 15) is 28.8 Å². The first-order valence-corrected chi connectivity index (χ1v) is 13.0. The van der Waals surface area contributed by atoms with Crippen molar-refractivity contribution in [2.24, 2.45) is 0 Å². The molecule has 0 saturated heterocycles. The number of fused-ring (bicyclic) bond motifs is 1. The van der Waals surface area contributed by atoms with Crippen LogP contribution >= 0.6 is 0 Å². The Kier molecular flexibility index (Phi) is 11.2. The lowest BCUT2D eigenvalue weighted by atomic mass is 10.1. The van der Waals surface area contributed by atoms with E-state index in [2.05, 4.69) is 35.3 Å². The van der Waals surface area contributed by atoms with E-state index in [4.69, 9.17) is 21.1 Å². The summed E-state index contributed by atoms with van der Waals surface area (Å²) >= 11 is 0. The van der Waals surface area contributed by atoms with Crippen LogP contribution in [0.4, 0.5) is 11.6 Å². The molecule has 4 rings (SSSR count). The number of aromatic amines is 1. The van der Waals surface area contributed by atoms with Gasteiger partial charge in [-0.1, -0.05) is 12.1 Å². The van der Waals surface area contributed by atoms with E-state index in [1.54, 1.807) is 24.3 Å². The van der Waals surface area contributed by atoms with Gasteiger partial charge in [0.25, 0.3) is 11.5 Å². The molecular weight excluding hydrogens is 594 g/mol.